The summed E-state index contributed by atoms with van der Waals surface area (Å²) >= 11 is 0. The number of ether oxygens (including phenoxy) is 3. The zero-order chi connectivity index (χ0) is 22.0. The number of allylic oxidation sites excluding steroid dienone is 1. The van der Waals surface area contributed by atoms with E-state index < -0.39 is 11.8 Å². The monoisotopic (exact) mass is 418 g/mol. The Morgan fingerprint density at radius 1 is 1.06 bits per heavy atom. The van der Waals surface area contributed by atoms with Gasteiger partial charge in [-0.1, -0.05) is 24.3 Å². The Balaban J connectivity index is 1.51. The van der Waals surface area contributed by atoms with E-state index in [1.165, 1.54) is 24.3 Å². The fourth-order valence-corrected chi connectivity index (χ4v) is 3.36. The maximum atomic E-state index is 13.4. The molecule has 0 saturated heterocycles. The van der Waals surface area contributed by atoms with E-state index in [9.17, 15) is 14.0 Å². The largest absolute Gasteiger partial charge is 0.497 e. The molecule has 0 aromatic heterocycles. The van der Waals surface area contributed by atoms with Crippen LogP contribution in [0, 0.1) is 12.7 Å². The highest BCUT2D eigenvalue weighted by Gasteiger charge is 2.30. The van der Waals surface area contributed by atoms with Gasteiger partial charge in [-0.3, -0.25) is 9.59 Å². The first-order valence-electron chi connectivity index (χ1n) is 9.61. The van der Waals surface area contributed by atoms with E-state index >= 15 is 0 Å². The minimum absolute atomic E-state index is 0.0879. The van der Waals surface area contributed by atoms with Gasteiger partial charge < -0.3 is 14.2 Å². The molecule has 0 spiro atoms. The Kier molecular flexibility index (Phi) is 5.54. The van der Waals surface area contributed by atoms with E-state index in [0.717, 1.165) is 5.56 Å². The van der Waals surface area contributed by atoms with Crippen LogP contribution in [0.2, 0.25) is 0 Å². The van der Waals surface area contributed by atoms with Crippen molar-refractivity contribution in [3.8, 4) is 17.2 Å². The second-order valence-corrected chi connectivity index (χ2v) is 7.11. The van der Waals surface area contributed by atoms with E-state index in [1.54, 1.807) is 56.5 Å². The van der Waals surface area contributed by atoms with Crippen molar-refractivity contribution in [1.29, 1.82) is 0 Å². The van der Waals surface area contributed by atoms with Crippen LogP contribution in [0.1, 0.15) is 27.0 Å². The minimum atomic E-state index is -0.440. The summed E-state index contributed by atoms with van der Waals surface area (Å²) in [6, 6.07) is 16.1. The molecule has 3 aromatic carbocycles. The van der Waals surface area contributed by atoms with Gasteiger partial charge in [-0.05, 0) is 60.0 Å². The van der Waals surface area contributed by atoms with Crippen molar-refractivity contribution in [3.63, 3.8) is 0 Å². The molecule has 0 saturated carbocycles. The van der Waals surface area contributed by atoms with Crippen molar-refractivity contribution >= 4 is 17.8 Å². The predicted molar refractivity (Wildman–Crippen MR) is 113 cm³/mol. The van der Waals surface area contributed by atoms with Crippen molar-refractivity contribution in [1.82, 2.24) is 0 Å². The number of fused-ring (bicyclic) bond motifs is 1. The third-order valence-corrected chi connectivity index (χ3v) is 4.83. The van der Waals surface area contributed by atoms with Crippen LogP contribution in [0.4, 0.5) is 4.39 Å². The molecule has 1 aliphatic rings. The number of benzene rings is 3. The average Bonchev–Trinajstić information content (AvgIpc) is 3.04. The average molecular weight is 418 g/mol. The van der Waals surface area contributed by atoms with Gasteiger partial charge in [0.1, 0.15) is 23.1 Å². The molecule has 0 fully saturated rings. The number of hydrogen-bond acceptors (Lipinski definition) is 5. The van der Waals surface area contributed by atoms with Crippen molar-refractivity contribution in [2.24, 2.45) is 0 Å². The molecule has 0 unspecified atom stereocenters. The summed E-state index contributed by atoms with van der Waals surface area (Å²) in [6.45, 7) is 1.74. The lowest BCUT2D eigenvalue weighted by atomic mass is 10.0. The van der Waals surface area contributed by atoms with Gasteiger partial charge in [0.05, 0.1) is 19.1 Å². The van der Waals surface area contributed by atoms with Crippen LogP contribution in [0.25, 0.3) is 6.08 Å². The molecule has 0 atom stereocenters. The zero-order valence-corrected chi connectivity index (χ0v) is 17.0. The number of carbonyl (C=O) groups excluding carboxylic acids is 2. The molecule has 6 heteroatoms. The molecule has 0 amide bonds. The zero-order valence-electron chi connectivity index (χ0n) is 17.0. The Morgan fingerprint density at radius 2 is 1.84 bits per heavy atom. The molecule has 0 N–H and O–H groups in total. The highest BCUT2D eigenvalue weighted by atomic mass is 19.1. The lowest BCUT2D eigenvalue weighted by Crippen LogP contribution is -2.11. The van der Waals surface area contributed by atoms with Crippen LogP contribution in [-0.2, 0) is 11.2 Å². The quantitative estimate of drug-likeness (QED) is 0.335. The molecule has 31 heavy (non-hydrogen) atoms. The lowest BCUT2D eigenvalue weighted by Gasteiger charge is -2.08. The highest BCUT2D eigenvalue weighted by molar-refractivity contribution is 6.15. The van der Waals surface area contributed by atoms with E-state index in [-0.39, 0.29) is 23.7 Å². The minimum Gasteiger partial charge on any atom is -0.497 e. The van der Waals surface area contributed by atoms with Gasteiger partial charge in [-0.2, -0.15) is 0 Å². The Morgan fingerprint density at radius 3 is 2.55 bits per heavy atom. The van der Waals surface area contributed by atoms with E-state index in [2.05, 4.69) is 0 Å². The van der Waals surface area contributed by atoms with Crippen molar-refractivity contribution in [2.75, 3.05) is 7.11 Å². The number of halogens is 1. The number of esters is 1. The van der Waals surface area contributed by atoms with Gasteiger partial charge in [0.25, 0.3) is 0 Å². The van der Waals surface area contributed by atoms with E-state index in [0.29, 0.717) is 28.2 Å². The van der Waals surface area contributed by atoms with Crippen LogP contribution < -0.4 is 14.2 Å². The second kappa shape index (κ2) is 8.44. The van der Waals surface area contributed by atoms with Crippen LogP contribution in [0.3, 0.4) is 0 Å². The fraction of sp³-hybridized carbons (Fsp3) is 0.120. The number of hydrogen-bond donors (Lipinski definition) is 0. The van der Waals surface area contributed by atoms with Crippen LogP contribution in [0.15, 0.2) is 66.4 Å². The molecule has 1 heterocycles. The SMILES string of the molecule is COc1ccc(CC(=O)Oc2cc(C)c3c(c2)O/C(=C\c2cccc(F)c2)C3=O)cc1. The third kappa shape index (κ3) is 4.48. The van der Waals surface area contributed by atoms with Crippen LogP contribution in [0.5, 0.6) is 17.2 Å². The smallest absolute Gasteiger partial charge is 0.315 e. The number of Topliss-reactive ketones (excluding diaryl/α,β-unsaturated/α-hetero) is 1. The molecule has 3 aromatic rings. The van der Waals surface area contributed by atoms with Gasteiger partial charge in [0, 0.05) is 6.07 Å². The van der Waals surface area contributed by atoms with Gasteiger partial charge in [-0.25, -0.2) is 4.39 Å². The Hall–Kier alpha value is -3.93. The molecule has 0 radical (unpaired) electrons. The van der Waals surface area contributed by atoms with E-state index in [1.807, 2.05) is 0 Å². The summed E-state index contributed by atoms with van der Waals surface area (Å²) in [5.74, 6) is 0.243. The first-order chi connectivity index (χ1) is 14.9. The highest BCUT2D eigenvalue weighted by Crippen LogP contribution is 2.37. The molecular formula is C25H19FO5. The summed E-state index contributed by atoms with van der Waals surface area (Å²) < 4.78 is 29.7. The van der Waals surface area contributed by atoms with Gasteiger partial charge >= 0.3 is 5.97 Å². The van der Waals surface area contributed by atoms with E-state index in [4.69, 9.17) is 14.2 Å². The normalized spacial score (nSPS) is 13.6. The number of aryl methyl sites for hydroxylation is 1. The molecular weight excluding hydrogens is 399 g/mol. The maximum absolute atomic E-state index is 13.4. The number of carbonyl (C=O) groups is 2. The molecule has 4 rings (SSSR count). The number of methoxy groups -OCH3 is 1. The third-order valence-electron chi connectivity index (χ3n) is 4.83. The first-order valence-corrected chi connectivity index (χ1v) is 9.61. The Bertz CT molecular complexity index is 1200. The van der Waals surface area contributed by atoms with Crippen molar-refractivity contribution < 1.29 is 28.2 Å². The second-order valence-electron chi connectivity index (χ2n) is 7.11. The molecule has 0 aliphatic carbocycles. The maximum Gasteiger partial charge on any atom is 0.315 e. The summed E-state index contributed by atoms with van der Waals surface area (Å²) in [4.78, 5) is 25.1. The van der Waals surface area contributed by atoms with Crippen molar-refractivity contribution in [3.05, 3.63) is 94.5 Å². The van der Waals surface area contributed by atoms with Gasteiger partial charge in [0.15, 0.2) is 5.76 Å². The Labute approximate surface area is 178 Å². The summed E-state index contributed by atoms with van der Waals surface area (Å²) in [6.07, 6.45) is 1.57. The number of rotatable bonds is 5. The standard InChI is InChI=1S/C25H19FO5/c1-15-10-20(30-23(27)13-16-6-8-19(29-2)9-7-16)14-21-24(15)25(28)22(31-21)12-17-4-3-5-18(26)11-17/h3-12,14H,13H2,1-2H3/b22-12-. The number of ketones is 1. The fourth-order valence-electron chi connectivity index (χ4n) is 3.36. The first kappa shape index (κ1) is 20.3. The summed E-state index contributed by atoms with van der Waals surface area (Å²) in [7, 11) is 1.57. The van der Waals surface area contributed by atoms with Crippen molar-refractivity contribution in [2.45, 2.75) is 13.3 Å². The summed E-state index contributed by atoms with van der Waals surface area (Å²) in [5.41, 5.74) is 2.32. The lowest BCUT2D eigenvalue weighted by molar-refractivity contribution is -0.133. The van der Waals surface area contributed by atoms with Crippen LogP contribution >= 0.6 is 0 Å². The van der Waals surface area contributed by atoms with Gasteiger partial charge in [0.2, 0.25) is 5.78 Å². The summed E-state index contributed by atoms with van der Waals surface area (Å²) in [5, 5.41) is 0. The molecule has 5 nitrogen and oxygen atoms in total. The molecule has 156 valence electrons. The topological polar surface area (TPSA) is 61.8 Å². The van der Waals surface area contributed by atoms with Gasteiger partial charge in [-0.15, -0.1) is 0 Å². The van der Waals surface area contributed by atoms with Crippen LogP contribution in [-0.4, -0.2) is 18.9 Å². The predicted octanol–water partition coefficient (Wildman–Crippen LogP) is 4.91. The molecule has 1 aliphatic heterocycles. The molecule has 0 bridgehead atoms.